The van der Waals surface area contributed by atoms with E-state index in [4.69, 9.17) is 9.47 Å². The number of likely N-dealkylation sites (tertiary alicyclic amines) is 2. The van der Waals surface area contributed by atoms with E-state index < -0.39 is 0 Å². The number of thiophene rings is 1. The number of carbonyl (C=O) groups is 1. The molecule has 2 fully saturated rings. The maximum absolute atomic E-state index is 12.2. The van der Waals surface area contributed by atoms with Gasteiger partial charge in [-0.05, 0) is 109 Å². The van der Waals surface area contributed by atoms with Crippen molar-refractivity contribution < 1.29 is 19.4 Å². The number of phenols is 1. The number of benzene rings is 3. The van der Waals surface area contributed by atoms with Crippen molar-refractivity contribution in [2.45, 2.75) is 38.6 Å². The molecule has 2 saturated heterocycles. The molecule has 6 nitrogen and oxygen atoms in total. The van der Waals surface area contributed by atoms with Crippen molar-refractivity contribution >= 4 is 27.3 Å². The number of ether oxygens (including phenoxy) is 2. The fourth-order valence-electron chi connectivity index (χ4n) is 5.86. The minimum absolute atomic E-state index is 0.215. The Kier molecular flexibility index (Phi) is 7.93. The van der Waals surface area contributed by atoms with E-state index in [1.165, 1.54) is 36.4 Å². The van der Waals surface area contributed by atoms with Crippen LogP contribution in [0.1, 0.15) is 42.4 Å². The Morgan fingerprint density at radius 2 is 1.77 bits per heavy atom. The third kappa shape index (κ3) is 5.81. The minimum atomic E-state index is 0.215. The molecule has 0 saturated carbocycles. The Morgan fingerprint density at radius 3 is 2.52 bits per heavy atom. The summed E-state index contributed by atoms with van der Waals surface area (Å²) in [4.78, 5) is 17.7. The van der Waals surface area contributed by atoms with Crippen LogP contribution in [0, 0.1) is 0 Å². The van der Waals surface area contributed by atoms with Crippen LogP contribution in [0.2, 0.25) is 0 Å². The van der Waals surface area contributed by atoms with Crippen LogP contribution in [0.5, 0.6) is 17.2 Å². The summed E-state index contributed by atoms with van der Waals surface area (Å²) < 4.78 is 12.9. The monoisotopic (exact) mass is 556 g/mol. The van der Waals surface area contributed by atoms with Gasteiger partial charge < -0.3 is 19.5 Å². The lowest BCUT2D eigenvalue weighted by Crippen LogP contribution is -2.25. The quantitative estimate of drug-likeness (QED) is 0.243. The molecule has 0 radical (unpaired) electrons. The third-order valence-electron chi connectivity index (χ3n) is 8.03. The minimum Gasteiger partial charge on any atom is -0.508 e. The molecule has 4 aromatic rings. The first kappa shape index (κ1) is 26.7. The van der Waals surface area contributed by atoms with E-state index in [2.05, 4.69) is 47.4 Å². The largest absolute Gasteiger partial charge is 0.508 e. The number of amides is 1. The van der Waals surface area contributed by atoms with Gasteiger partial charge in [0.2, 0.25) is 5.91 Å². The highest BCUT2D eigenvalue weighted by Crippen LogP contribution is 2.42. The molecule has 2 aliphatic heterocycles. The fourth-order valence-corrected chi connectivity index (χ4v) is 7.12. The maximum atomic E-state index is 12.2. The molecule has 1 amide bonds. The maximum Gasteiger partial charge on any atom is 0.222 e. The van der Waals surface area contributed by atoms with Crippen molar-refractivity contribution in [3.63, 3.8) is 0 Å². The van der Waals surface area contributed by atoms with E-state index in [-0.39, 0.29) is 11.7 Å². The molecule has 0 spiro atoms. The van der Waals surface area contributed by atoms with Crippen LogP contribution in [0.3, 0.4) is 0 Å². The number of hydrogen-bond acceptors (Lipinski definition) is 6. The summed E-state index contributed by atoms with van der Waals surface area (Å²) in [6.45, 7) is 5.43. The topological polar surface area (TPSA) is 62.2 Å². The van der Waals surface area contributed by atoms with Crippen LogP contribution in [-0.4, -0.2) is 60.7 Å². The fraction of sp³-hybridized carbons (Fsp3) is 0.364. The van der Waals surface area contributed by atoms with Gasteiger partial charge in [-0.25, -0.2) is 0 Å². The van der Waals surface area contributed by atoms with E-state index in [9.17, 15) is 9.90 Å². The zero-order chi connectivity index (χ0) is 27.5. The van der Waals surface area contributed by atoms with Gasteiger partial charge in [0.05, 0.1) is 7.11 Å². The number of hydrogen-bond donors (Lipinski definition) is 1. The van der Waals surface area contributed by atoms with Gasteiger partial charge in [-0.1, -0.05) is 12.1 Å². The zero-order valence-electron chi connectivity index (χ0n) is 23.0. The average Bonchev–Trinajstić information content (AvgIpc) is 3.71. The van der Waals surface area contributed by atoms with Gasteiger partial charge in [-0.2, -0.15) is 0 Å². The summed E-state index contributed by atoms with van der Waals surface area (Å²) in [7, 11) is 1.69. The lowest BCUT2D eigenvalue weighted by molar-refractivity contribution is -0.128. The molecular formula is C33H36N2O4S. The van der Waals surface area contributed by atoms with Crippen LogP contribution < -0.4 is 9.47 Å². The van der Waals surface area contributed by atoms with Gasteiger partial charge in [-0.15, -0.1) is 11.3 Å². The normalized spacial score (nSPS) is 15.8. The van der Waals surface area contributed by atoms with Gasteiger partial charge in [0, 0.05) is 41.2 Å². The molecule has 40 heavy (non-hydrogen) atoms. The van der Waals surface area contributed by atoms with E-state index in [1.54, 1.807) is 24.5 Å². The summed E-state index contributed by atoms with van der Waals surface area (Å²) in [6.07, 6.45) is 4.87. The Hall–Kier alpha value is -3.55. The number of carbonyl (C=O) groups excluding carboxylic acids is 1. The van der Waals surface area contributed by atoms with Gasteiger partial charge in [0.25, 0.3) is 0 Å². The second-order valence-corrected chi connectivity index (χ2v) is 11.8. The Balaban J connectivity index is 1.25. The molecule has 0 unspecified atom stereocenters. The first-order valence-corrected chi connectivity index (χ1v) is 15.0. The van der Waals surface area contributed by atoms with Gasteiger partial charge in [-0.3, -0.25) is 9.69 Å². The lowest BCUT2D eigenvalue weighted by Gasteiger charge is -2.18. The van der Waals surface area contributed by atoms with E-state index >= 15 is 0 Å². The summed E-state index contributed by atoms with van der Waals surface area (Å²) in [5.74, 6) is 2.19. The summed E-state index contributed by atoms with van der Waals surface area (Å²) in [5.41, 5.74) is 4.54. The van der Waals surface area contributed by atoms with E-state index in [0.29, 0.717) is 19.6 Å². The highest BCUT2D eigenvalue weighted by Gasteiger charge is 2.22. The Morgan fingerprint density at radius 1 is 0.950 bits per heavy atom. The number of aromatic hydroxyl groups is 1. The third-order valence-corrected chi connectivity index (χ3v) is 9.28. The number of rotatable bonds is 10. The molecule has 2 aliphatic rings. The molecule has 0 atom stereocenters. The van der Waals surface area contributed by atoms with Crippen molar-refractivity contribution in [1.82, 2.24) is 9.80 Å². The lowest BCUT2D eigenvalue weighted by atomic mass is 9.97. The van der Waals surface area contributed by atoms with Crippen LogP contribution in [-0.2, 0) is 17.8 Å². The number of nitrogens with zero attached hydrogens (tertiary/aromatic N) is 2. The molecule has 3 heterocycles. The second-order valence-electron chi connectivity index (χ2n) is 10.8. The van der Waals surface area contributed by atoms with Crippen molar-refractivity contribution in [3.05, 3.63) is 77.4 Å². The van der Waals surface area contributed by atoms with Crippen LogP contribution in [0.25, 0.3) is 20.5 Å². The molecule has 208 valence electrons. The predicted octanol–water partition coefficient (Wildman–Crippen LogP) is 6.47. The zero-order valence-corrected chi connectivity index (χ0v) is 23.8. The molecule has 0 bridgehead atoms. The SMILES string of the molecule is COc1cc(Cc2c(-c3ccc(OCCN4CCCC4)cc3)sc3cc(O)ccc23)ccc1CN1CCCC1=O. The Bertz CT molecular complexity index is 1490. The van der Waals surface area contributed by atoms with E-state index in [0.717, 1.165) is 64.2 Å². The van der Waals surface area contributed by atoms with Crippen LogP contribution in [0.4, 0.5) is 0 Å². The molecular weight excluding hydrogens is 520 g/mol. The molecule has 3 aromatic carbocycles. The van der Waals surface area contributed by atoms with E-state index in [1.807, 2.05) is 17.0 Å². The molecule has 1 N–H and O–H groups in total. The van der Waals surface area contributed by atoms with Crippen molar-refractivity contribution in [1.29, 1.82) is 0 Å². The second kappa shape index (κ2) is 11.9. The first-order valence-electron chi connectivity index (χ1n) is 14.2. The smallest absolute Gasteiger partial charge is 0.222 e. The number of methoxy groups -OCH3 is 1. The summed E-state index contributed by atoms with van der Waals surface area (Å²) >= 11 is 1.70. The summed E-state index contributed by atoms with van der Waals surface area (Å²) in [6, 6.07) is 20.3. The Labute approximate surface area is 239 Å². The van der Waals surface area contributed by atoms with Gasteiger partial charge >= 0.3 is 0 Å². The molecule has 6 rings (SSSR count). The standard InChI is InChI=1S/C33H36N2O4S/c1-38-30-20-23(6-7-25(30)22-35-16-4-5-32(35)37)19-29-28-13-10-26(36)21-31(28)40-33(29)24-8-11-27(12-9-24)39-18-17-34-14-2-3-15-34/h6-13,20-21,36H,2-5,14-19,22H2,1H3. The molecule has 1 aromatic heterocycles. The molecule has 7 heteroatoms. The van der Waals surface area contributed by atoms with Crippen LogP contribution >= 0.6 is 11.3 Å². The number of fused-ring (bicyclic) bond motifs is 1. The molecule has 0 aliphatic carbocycles. The van der Waals surface area contributed by atoms with Crippen LogP contribution in [0.15, 0.2) is 60.7 Å². The average molecular weight is 557 g/mol. The van der Waals surface area contributed by atoms with Gasteiger partial charge in [0.1, 0.15) is 23.9 Å². The predicted molar refractivity (Wildman–Crippen MR) is 161 cm³/mol. The first-order chi connectivity index (χ1) is 19.6. The highest BCUT2D eigenvalue weighted by atomic mass is 32.1. The summed E-state index contributed by atoms with van der Waals surface area (Å²) in [5, 5.41) is 11.3. The van der Waals surface area contributed by atoms with Crippen molar-refractivity contribution in [3.8, 4) is 27.7 Å². The van der Waals surface area contributed by atoms with Crippen molar-refractivity contribution in [2.24, 2.45) is 0 Å². The highest BCUT2D eigenvalue weighted by molar-refractivity contribution is 7.22. The number of phenolic OH excluding ortho intramolecular Hbond substituents is 1. The van der Waals surface area contributed by atoms with Gasteiger partial charge in [0.15, 0.2) is 0 Å². The van der Waals surface area contributed by atoms with Crippen molar-refractivity contribution in [2.75, 3.05) is 39.9 Å².